The monoisotopic (exact) mass is 1150 g/mol. The number of amides is 2. The Bertz CT molecular complexity index is 1580. The first-order valence-electron chi connectivity index (χ1n) is 31.4. The number of hydrogen-bond acceptors (Lipinski definition) is 18. The maximum Gasteiger partial charge on any atom is 0.220 e. The Morgan fingerprint density at radius 1 is 0.487 bits per heavy atom. The molecule has 6 unspecified atom stereocenters. The summed E-state index contributed by atoms with van der Waals surface area (Å²) in [5.41, 5.74) is 0. The molecule has 12 N–H and O–H groups in total. The summed E-state index contributed by atoms with van der Waals surface area (Å²) in [6, 6.07) is -2.40. The molecule has 0 aliphatic carbocycles. The van der Waals surface area contributed by atoms with Crippen molar-refractivity contribution in [1.82, 2.24) is 10.6 Å². The van der Waals surface area contributed by atoms with E-state index >= 15 is 0 Å². The number of nitrogens with one attached hydrogen (secondary N) is 2. The maximum absolute atomic E-state index is 13.3. The van der Waals surface area contributed by atoms with Crippen LogP contribution in [0.5, 0.6) is 0 Å². The zero-order valence-electron chi connectivity index (χ0n) is 49.2. The van der Waals surface area contributed by atoms with Gasteiger partial charge in [0.2, 0.25) is 11.8 Å². The Morgan fingerprint density at radius 3 is 1.31 bits per heavy atom. The fraction of sp³-hybridized carbons (Fsp3) is 0.933. The second-order valence-electron chi connectivity index (χ2n) is 22.9. The number of hydrogen-bond donors (Lipinski definition) is 12. The standard InChI is InChI=1S/C60H112N2O18/c1-4-6-8-10-12-14-16-18-19-20-21-22-23-25-27-29-31-33-35-37-48(68)62-43(44(67)36-34-32-30-28-26-24-17-15-13-11-9-7-5-2)41-75-59-54(73)52(71)57(46(39-64)77-59)80-60-55(74)53(72)56(47(40-65)78-60)79-58-49(61-42(3)66)51(70)50(69)45(38-63)76-58/h34,36,43-47,49-60,63-65,67,69-74H,4-33,35,37-41H2,1-3H3,(H,61,66)(H,62,68)/b36-34+/t43-,44+,45?,46?,47?,49?,50-,51+,52+,53+,54?,55?,56-,57+,58-,59+,60-/m0/s1. The van der Waals surface area contributed by atoms with Crippen molar-refractivity contribution in [3.05, 3.63) is 12.2 Å². The zero-order chi connectivity index (χ0) is 58.5. The molecule has 0 aromatic carbocycles. The van der Waals surface area contributed by atoms with Gasteiger partial charge >= 0.3 is 0 Å². The van der Waals surface area contributed by atoms with Crippen LogP contribution >= 0.6 is 0 Å². The van der Waals surface area contributed by atoms with E-state index in [4.69, 9.17) is 28.4 Å². The van der Waals surface area contributed by atoms with Crippen molar-refractivity contribution < 1.29 is 89.1 Å². The van der Waals surface area contributed by atoms with Crippen LogP contribution in [0.15, 0.2) is 12.2 Å². The Balaban J connectivity index is 1.52. The number of aliphatic hydroxyl groups excluding tert-OH is 10. The number of allylic oxidation sites excluding steroid dienone is 1. The summed E-state index contributed by atoms with van der Waals surface area (Å²) >= 11 is 0. The molecule has 3 heterocycles. The lowest BCUT2D eigenvalue weighted by molar-refractivity contribution is -0.374. The molecule has 20 heteroatoms. The molecule has 3 fully saturated rings. The van der Waals surface area contributed by atoms with Gasteiger partial charge in [-0.15, -0.1) is 0 Å². The van der Waals surface area contributed by atoms with Gasteiger partial charge < -0.3 is 90.1 Å². The predicted octanol–water partition coefficient (Wildman–Crippen LogP) is 5.52. The van der Waals surface area contributed by atoms with Gasteiger partial charge in [0.15, 0.2) is 18.9 Å². The second-order valence-corrected chi connectivity index (χ2v) is 22.9. The fourth-order valence-electron chi connectivity index (χ4n) is 11.0. The number of rotatable bonds is 46. The first-order chi connectivity index (χ1) is 38.7. The molecule has 0 radical (unpaired) electrons. The summed E-state index contributed by atoms with van der Waals surface area (Å²) in [5, 5.41) is 114. The molecule has 20 nitrogen and oxygen atoms in total. The smallest absolute Gasteiger partial charge is 0.220 e. The van der Waals surface area contributed by atoms with Crippen LogP contribution in [0.1, 0.15) is 226 Å². The number of carbonyl (C=O) groups is 2. The summed E-state index contributed by atoms with van der Waals surface area (Å²) in [4.78, 5) is 25.3. The Labute approximate surface area is 479 Å². The van der Waals surface area contributed by atoms with Crippen LogP contribution in [-0.2, 0) is 38.0 Å². The topological polar surface area (TPSA) is 316 Å². The number of ether oxygens (including phenoxy) is 6. The van der Waals surface area contributed by atoms with Gasteiger partial charge in [-0.25, -0.2) is 0 Å². The van der Waals surface area contributed by atoms with E-state index in [1.54, 1.807) is 6.08 Å². The van der Waals surface area contributed by atoms with Crippen LogP contribution < -0.4 is 10.6 Å². The Morgan fingerprint density at radius 2 is 0.875 bits per heavy atom. The molecule has 3 saturated heterocycles. The van der Waals surface area contributed by atoms with Gasteiger partial charge in [-0.3, -0.25) is 9.59 Å². The van der Waals surface area contributed by atoms with E-state index in [-0.39, 0.29) is 18.9 Å². The van der Waals surface area contributed by atoms with Crippen LogP contribution in [0.2, 0.25) is 0 Å². The molecule has 0 bridgehead atoms. The van der Waals surface area contributed by atoms with Gasteiger partial charge in [0.25, 0.3) is 0 Å². The molecule has 0 saturated carbocycles. The highest BCUT2D eigenvalue weighted by molar-refractivity contribution is 5.76. The molecule has 17 atom stereocenters. The van der Waals surface area contributed by atoms with E-state index in [9.17, 15) is 60.7 Å². The molecule has 3 aliphatic rings. The lowest BCUT2D eigenvalue weighted by atomic mass is 9.95. The van der Waals surface area contributed by atoms with Crippen molar-refractivity contribution in [3.63, 3.8) is 0 Å². The number of aliphatic hydroxyl groups is 10. The third kappa shape index (κ3) is 27.4. The lowest BCUT2D eigenvalue weighted by Gasteiger charge is -2.48. The third-order valence-electron chi connectivity index (χ3n) is 16.0. The minimum Gasteiger partial charge on any atom is -0.394 e. The highest BCUT2D eigenvalue weighted by Gasteiger charge is 2.54. The SMILES string of the molecule is CCCCCCCCCCCCC/C=C/[C@@H](O)[C@H](CO[C@@H]1OC(CO)[C@@H](O[C@@H]2OC(CO)[C@H](O[C@@H]3OC(CO)[C@H](O)[C@H](O)C3NC(C)=O)[C@H](O)C2O)[C@H](O)C1O)NC(=O)CCCCCCCCCCCCCCCCCCCCC. The molecule has 3 rings (SSSR count). The third-order valence-corrected chi connectivity index (χ3v) is 16.0. The molecule has 80 heavy (non-hydrogen) atoms. The van der Waals surface area contributed by atoms with Crippen molar-refractivity contribution in [2.24, 2.45) is 0 Å². The zero-order valence-corrected chi connectivity index (χ0v) is 49.2. The normalized spacial score (nSPS) is 29.9. The molecular formula is C60H112N2O18. The van der Waals surface area contributed by atoms with Crippen molar-refractivity contribution in [1.29, 1.82) is 0 Å². The van der Waals surface area contributed by atoms with Gasteiger partial charge in [-0.2, -0.15) is 0 Å². The predicted molar refractivity (Wildman–Crippen MR) is 303 cm³/mol. The Kier molecular flexibility index (Phi) is 39.4. The Hall–Kier alpha value is -1.96. The van der Waals surface area contributed by atoms with E-state index in [1.165, 1.54) is 148 Å². The summed E-state index contributed by atoms with van der Waals surface area (Å²) in [5.74, 6) is -0.922. The van der Waals surface area contributed by atoms with E-state index < -0.39 is 130 Å². The minimum absolute atomic E-state index is 0.245. The minimum atomic E-state index is -1.99. The van der Waals surface area contributed by atoms with Crippen molar-refractivity contribution in [2.45, 2.75) is 330 Å². The van der Waals surface area contributed by atoms with Crippen LogP contribution in [0.3, 0.4) is 0 Å². The lowest BCUT2D eigenvalue weighted by Crippen LogP contribution is -2.68. The first kappa shape index (κ1) is 72.3. The highest BCUT2D eigenvalue weighted by Crippen LogP contribution is 2.33. The van der Waals surface area contributed by atoms with Gasteiger partial charge in [0.1, 0.15) is 73.2 Å². The molecule has 2 amide bonds. The second kappa shape index (κ2) is 43.6. The van der Waals surface area contributed by atoms with Crippen LogP contribution in [0, 0.1) is 0 Å². The maximum atomic E-state index is 13.3. The quantitative estimate of drug-likeness (QED) is 0.0264. The largest absolute Gasteiger partial charge is 0.394 e. The first-order valence-corrected chi connectivity index (χ1v) is 31.4. The van der Waals surface area contributed by atoms with Gasteiger partial charge in [-0.1, -0.05) is 206 Å². The highest BCUT2D eigenvalue weighted by atomic mass is 16.8. The molecule has 0 aromatic heterocycles. The molecule has 3 aliphatic heterocycles. The summed E-state index contributed by atoms with van der Waals surface area (Å²) in [7, 11) is 0. The van der Waals surface area contributed by atoms with Crippen LogP contribution in [0.4, 0.5) is 0 Å². The summed E-state index contributed by atoms with van der Waals surface area (Å²) < 4.78 is 34.9. The average Bonchev–Trinajstić information content (AvgIpc) is 3.56. The fourth-order valence-corrected chi connectivity index (χ4v) is 11.0. The summed E-state index contributed by atoms with van der Waals surface area (Å²) in [6.45, 7) is 2.84. The van der Waals surface area contributed by atoms with Gasteiger partial charge in [0.05, 0.1) is 38.6 Å². The van der Waals surface area contributed by atoms with Gasteiger partial charge in [0, 0.05) is 13.3 Å². The van der Waals surface area contributed by atoms with E-state index in [0.29, 0.717) is 6.42 Å². The van der Waals surface area contributed by atoms with Crippen molar-refractivity contribution >= 4 is 11.8 Å². The molecular weight excluding hydrogens is 1040 g/mol. The van der Waals surface area contributed by atoms with Crippen molar-refractivity contribution in [3.8, 4) is 0 Å². The summed E-state index contributed by atoms with van der Waals surface area (Å²) in [6.07, 6.45) is 16.7. The van der Waals surface area contributed by atoms with E-state index in [1.807, 2.05) is 6.08 Å². The van der Waals surface area contributed by atoms with Crippen LogP contribution in [0.25, 0.3) is 0 Å². The average molecular weight is 1150 g/mol. The number of unbranched alkanes of at least 4 members (excludes halogenated alkanes) is 29. The van der Waals surface area contributed by atoms with E-state index in [2.05, 4.69) is 24.5 Å². The van der Waals surface area contributed by atoms with E-state index in [0.717, 1.165) is 51.9 Å². The number of carbonyl (C=O) groups excluding carboxylic acids is 2. The van der Waals surface area contributed by atoms with Crippen molar-refractivity contribution in [2.75, 3.05) is 26.4 Å². The molecule has 470 valence electrons. The van der Waals surface area contributed by atoms with Gasteiger partial charge in [-0.05, 0) is 19.3 Å². The molecule has 0 aromatic rings. The molecule has 0 spiro atoms. The van der Waals surface area contributed by atoms with Crippen LogP contribution in [-0.4, -0.2) is 194 Å².